The number of amides is 2. The van der Waals surface area contributed by atoms with Gasteiger partial charge in [-0.05, 0) is 57.2 Å². The number of carbonyl (C=O) groups excluding carboxylic acids is 1. The number of urea groups is 1. The van der Waals surface area contributed by atoms with Gasteiger partial charge in [-0.1, -0.05) is 77.8 Å². The maximum atomic E-state index is 13.0. The van der Waals surface area contributed by atoms with Gasteiger partial charge in [-0.2, -0.15) is 14.0 Å². The lowest BCUT2D eigenvalue weighted by molar-refractivity contribution is -1.92. The highest BCUT2D eigenvalue weighted by molar-refractivity contribution is 7.99. The summed E-state index contributed by atoms with van der Waals surface area (Å²) in [5, 5.41) is 9.09. The van der Waals surface area contributed by atoms with E-state index >= 15 is 0 Å². The number of rotatable bonds is 5. The summed E-state index contributed by atoms with van der Waals surface area (Å²) in [6.45, 7) is 5.77. The molecule has 0 aromatic heterocycles. The van der Waals surface area contributed by atoms with E-state index in [1.54, 1.807) is 0 Å². The Morgan fingerprint density at radius 3 is 1.33 bits per heavy atom. The fraction of sp³-hybridized carbons (Fsp3) is 0.160. The van der Waals surface area contributed by atoms with Gasteiger partial charge in [0.2, 0.25) is 5.44 Å². The minimum absolute atomic E-state index is 0.0361. The highest BCUT2D eigenvalue weighted by Crippen LogP contribution is 2.62. The Labute approximate surface area is 223 Å². The van der Waals surface area contributed by atoms with Crippen molar-refractivity contribution in [3.8, 4) is 0 Å². The van der Waals surface area contributed by atoms with Crippen molar-refractivity contribution in [2.45, 2.75) is 26.3 Å². The van der Waals surface area contributed by atoms with Gasteiger partial charge in [-0.25, -0.2) is 4.79 Å². The Morgan fingerprint density at radius 1 is 0.778 bits per heavy atom. The summed E-state index contributed by atoms with van der Waals surface area (Å²) in [5.74, 6) is 0. The van der Waals surface area contributed by atoms with Gasteiger partial charge in [-0.3, -0.25) is 5.32 Å². The second-order valence-corrected chi connectivity index (χ2v) is 13.6. The van der Waals surface area contributed by atoms with Gasteiger partial charge in [0.25, 0.3) is 0 Å². The summed E-state index contributed by atoms with van der Waals surface area (Å²) in [6, 6.07) is 29.9. The predicted octanol–water partition coefficient (Wildman–Crippen LogP) is 1.56. The van der Waals surface area contributed by atoms with E-state index in [1.165, 1.54) is 0 Å². The Bertz CT molecular complexity index is 1050. The first-order valence-electron chi connectivity index (χ1n) is 10.6. The lowest BCUT2D eigenvalue weighted by atomic mass is 10.1. The maximum absolute atomic E-state index is 13.0. The van der Waals surface area contributed by atoms with Crippen molar-refractivity contribution >= 4 is 52.4 Å². The molecular formula is C25H27Cl3N2O5P+. The molecule has 192 valence electrons. The molecule has 0 saturated carbocycles. The van der Waals surface area contributed by atoms with Crippen LogP contribution in [-0.4, -0.2) is 16.2 Å². The van der Waals surface area contributed by atoms with E-state index in [0.29, 0.717) is 5.44 Å². The molecule has 0 aliphatic heterocycles. The number of benzene rings is 3. The third-order valence-corrected chi connectivity index (χ3v) is 9.53. The van der Waals surface area contributed by atoms with Crippen LogP contribution in [0.3, 0.4) is 0 Å². The van der Waals surface area contributed by atoms with Gasteiger partial charge >= 0.3 is 6.03 Å². The van der Waals surface area contributed by atoms with Crippen LogP contribution in [0.4, 0.5) is 4.79 Å². The highest BCUT2D eigenvalue weighted by atomic mass is 35.7. The summed E-state index contributed by atoms with van der Waals surface area (Å²) in [6.07, 6.45) is 0. The van der Waals surface area contributed by atoms with Crippen LogP contribution in [-0.2, 0) is 0 Å². The molecule has 0 heterocycles. The number of carbonyl (C=O) groups is 1. The summed E-state index contributed by atoms with van der Waals surface area (Å²) in [4.78, 5) is 13.0. The number of hydrogen-bond acceptors (Lipinski definition) is 5. The molecule has 0 atom stereocenters. The summed E-state index contributed by atoms with van der Waals surface area (Å²) < 4.78 is 32.8. The smallest absolute Gasteiger partial charge is 0.322 e. The quantitative estimate of drug-likeness (QED) is 0.400. The van der Waals surface area contributed by atoms with Gasteiger partial charge in [0.15, 0.2) is 11.8 Å². The molecule has 11 heteroatoms. The third kappa shape index (κ3) is 8.73. The lowest BCUT2D eigenvalue weighted by Crippen LogP contribution is -2.58. The average Bonchev–Trinajstić information content (AvgIpc) is 2.79. The number of halogens is 3. The molecule has 0 aliphatic carbocycles. The van der Waals surface area contributed by atoms with Crippen LogP contribution in [0.15, 0.2) is 101 Å². The first-order chi connectivity index (χ1) is 16.7. The van der Waals surface area contributed by atoms with E-state index in [4.69, 9.17) is 41.8 Å². The number of hydrogen-bond donors (Lipinski definition) is 3. The SMILES string of the molecule is CC(C)(C)NC(=O)NC(=C(Cl)Cl)[P+](c1ccccc1)(c1ccccc1)c1ccccc1.[O-][Cl+3]([O-])([O-])O. The van der Waals surface area contributed by atoms with Gasteiger partial charge in [-0.15, -0.1) is 0 Å². The molecule has 3 aromatic rings. The summed E-state index contributed by atoms with van der Waals surface area (Å²) >= 11 is 13.0. The van der Waals surface area contributed by atoms with E-state index in [9.17, 15) is 4.79 Å². The van der Waals surface area contributed by atoms with Crippen LogP contribution < -0.4 is 40.5 Å². The maximum Gasteiger partial charge on any atom is 0.322 e. The van der Waals surface area contributed by atoms with Crippen molar-refractivity contribution in [2.75, 3.05) is 0 Å². The average molecular weight is 573 g/mol. The van der Waals surface area contributed by atoms with Gasteiger partial charge in [0.1, 0.15) is 15.9 Å². The normalized spacial score (nSPS) is 11.6. The Hall–Kier alpha value is -2.19. The molecule has 2 amide bonds. The van der Waals surface area contributed by atoms with Crippen molar-refractivity contribution in [1.29, 1.82) is 0 Å². The van der Waals surface area contributed by atoms with E-state index in [-0.39, 0.29) is 10.5 Å². The highest BCUT2D eigenvalue weighted by Gasteiger charge is 2.52. The van der Waals surface area contributed by atoms with Crippen LogP contribution >= 0.6 is 30.5 Å². The van der Waals surface area contributed by atoms with Gasteiger partial charge in [0.05, 0.1) is 14.9 Å². The van der Waals surface area contributed by atoms with Crippen molar-refractivity contribution in [3.05, 3.63) is 101 Å². The fourth-order valence-corrected chi connectivity index (χ4v) is 8.43. The molecule has 36 heavy (non-hydrogen) atoms. The van der Waals surface area contributed by atoms with Crippen molar-refractivity contribution in [3.63, 3.8) is 0 Å². The summed E-state index contributed by atoms with van der Waals surface area (Å²) in [7, 11) is -7.29. The second kappa shape index (κ2) is 12.9. The van der Waals surface area contributed by atoms with Crippen LogP contribution in [0, 0.1) is 10.2 Å². The van der Waals surface area contributed by atoms with Crippen LogP contribution in [0.25, 0.3) is 0 Å². The molecular weight excluding hydrogens is 546 g/mol. The van der Waals surface area contributed by atoms with Gasteiger partial charge < -0.3 is 5.32 Å². The molecule has 0 unspecified atom stereocenters. The van der Waals surface area contributed by atoms with Crippen molar-refractivity contribution < 1.29 is 33.7 Å². The molecule has 0 fully saturated rings. The Kier molecular flexibility index (Phi) is 10.7. The van der Waals surface area contributed by atoms with Crippen LogP contribution in [0.5, 0.6) is 0 Å². The molecule has 0 radical (unpaired) electrons. The molecule has 3 rings (SSSR count). The largest absolute Gasteiger partial charge is 0.333 e. The zero-order valence-electron chi connectivity index (χ0n) is 19.8. The number of nitrogens with one attached hydrogen (secondary N) is 2. The second-order valence-electron chi connectivity index (χ2n) is 8.51. The summed E-state index contributed by atoms with van der Waals surface area (Å²) in [5.41, 5.74) is 0.0857. The minimum Gasteiger partial charge on any atom is -0.333 e. The molecule has 3 aromatic carbocycles. The molecule has 3 N–H and O–H groups in total. The standard InChI is InChI=1S/C25H25Cl2N2OP.ClHO4/c1-25(2,3)29-24(30)28-23(22(26)27)31(19-13-7-4-8-14-19,20-15-9-5-10-16-20)21-17-11-6-12-18-21;2-1(3,4)5/h4-18H,1-3H3,(H-,28,29,30);(H,2,3,4,5)/p+1. The molecule has 0 spiro atoms. The third-order valence-electron chi connectivity index (χ3n) is 4.67. The zero-order chi connectivity index (χ0) is 27.0. The monoisotopic (exact) mass is 571 g/mol. The molecule has 0 aliphatic rings. The Balaban J connectivity index is 0.000000830. The molecule has 0 bridgehead atoms. The first kappa shape index (κ1) is 30.0. The predicted molar refractivity (Wildman–Crippen MR) is 138 cm³/mol. The van der Waals surface area contributed by atoms with Crippen LogP contribution in [0.1, 0.15) is 20.8 Å². The topological polar surface area (TPSA) is 131 Å². The van der Waals surface area contributed by atoms with Gasteiger partial charge in [0, 0.05) is 5.54 Å². The first-order valence-corrected chi connectivity index (χ1v) is 14.4. The van der Waals surface area contributed by atoms with E-state index in [0.717, 1.165) is 15.9 Å². The minimum atomic E-state index is -4.69. The lowest BCUT2D eigenvalue weighted by Gasteiger charge is -2.30. The van der Waals surface area contributed by atoms with E-state index in [2.05, 4.69) is 47.0 Å². The zero-order valence-corrected chi connectivity index (χ0v) is 23.0. The van der Waals surface area contributed by atoms with Crippen LogP contribution in [0.2, 0.25) is 0 Å². The van der Waals surface area contributed by atoms with Crippen molar-refractivity contribution in [2.24, 2.45) is 0 Å². The van der Waals surface area contributed by atoms with E-state index < -0.39 is 23.0 Å². The van der Waals surface area contributed by atoms with Crippen molar-refractivity contribution in [1.82, 2.24) is 10.6 Å². The molecule has 7 nitrogen and oxygen atoms in total. The Morgan fingerprint density at radius 2 is 1.08 bits per heavy atom. The molecule has 0 saturated heterocycles. The van der Waals surface area contributed by atoms with E-state index in [1.807, 2.05) is 75.4 Å². The fourth-order valence-electron chi connectivity index (χ4n) is 3.53.